The molecule has 206 valence electrons. The fraction of sp³-hybridized carbons (Fsp3) is 0.233. The van der Waals surface area contributed by atoms with Crippen LogP contribution in [0, 0.1) is 23.0 Å². The van der Waals surface area contributed by atoms with E-state index in [1.54, 1.807) is 6.92 Å². The lowest BCUT2D eigenvalue weighted by atomic mass is 10.0. The molecular weight excluding hydrogens is 516 g/mol. The highest BCUT2D eigenvalue weighted by atomic mass is 16.6. The van der Waals surface area contributed by atoms with Gasteiger partial charge in [-0.15, -0.1) is 0 Å². The minimum Gasteiger partial charge on any atom is -0.460 e. The number of carbonyl (C=O) groups is 2. The summed E-state index contributed by atoms with van der Waals surface area (Å²) in [6.45, 7) is 5.49. The Hall–Kier alpha value is -4.99. The summed E-state index contributed by atoms with van der Waals surface area (Å²) < 4.78 is 16.7. The summed E-state index contributed by atoms with van der Waals surface area (Å²) in [6, 6.07) is 18.2. The van der Waals surface area contributed by atoms with Crippen LogP contribution in [0.1, 0.15) is 31.6 Å². The Morgan fingerprint density at radius 2 is 1.73 bits per heavy atom. The molecule has 0 saturated carbocycles. The summed E-state index contributed by atoms with van der Waals surface area (Å²) in [4.78, 5) is 49.1. The van der Waals surface area contributed by atoms with E-state index in [2.05, 4.69) is 5.32 Å². The van der Waals surface area contributed by atoms with E-state index in [1.807, 2.05) is 44.2 Å². The zero-order chi connectivity index (χ0) is 28.8. The predicted molar refractivity (Wildman–Crippen MR) is 148 cm³/mol. The molecular formula is C30H28N2O8. The number of ether oxygens (including phenoxy) is 2. The number of nitro groups is 1. The number of fused-ring (bicyclic) bond motifs is 1. The topological polar surface area (TPSA) is 138 Å². The van der Waals surface area contributed by atoms with Gasteiger partial charge in [-0.05, 0) is 54.7 Å². The SMILES string of the molecule is Cc1oc2cc(OC(=O)[C@H](CC(C)C)NC(=O)OCc3ccccc3)ccc2c(=O)c1-c1ccc([N+](=O)[O-])cc1. The molecule has 1 N–H and O–H groups in total. The quantitative estimate of drug-likeness (QED) is 0.119. The summed E-state index contributed by atoms with van der Waals surface area (Å²) in [6.07, 6.45) is -0.426. The number of alkyl carbamates (subject to hydrolysis) is 1. The van der Waals surface area contributed by atoms with Gasteiger partial charge in [0.15, 0.2) is 0 Å². The highest BCUT2D eigenvalue weighted by Gasteiger charge is 2.25. The normalized spacial score (nSPS) is 11.7. The van der Waals surface area contributed by atoms with Crippen LogP contribution in [0.3, 0.4) is 0 Å². The third-order valence-electron chi connectivity index (χ3n) is 6.12. The molecule has 0 saturated heterocycles. The molecule has 0 radical (unpaired) electrons. The van der Waals surface area contributed by atoms with Crippen LogP contribution in [0.15, 0.2) is 82.0 Å². The first-order chi connectivity index (χ1) is 19.1. The standard InChI is InChI=1S/C30H28N2O8/c1-18(2)15-25(31-30(35)38-17-20-7-5-4-6-8-20)29(34)40-23-13-14-24-26(16-23)39-19(3)27(28(24)33)21-9-11-22(12-10-21)32(36)37/h4-14,16,18,25H,15,17H2,1-3H3,(H,31,35)/t25-/m0/s1. The highest BCUT2D eigenvalue weighted by Crippen LogP contribution is 2.28. The Morgan fingerprint density at radius 3 is 2.38 bits per heavy atom. The van der Waals surface area contributed by atoms with Crippen LogP contribution in [0.2, 0.25) is 0 Å². The maximum absolute atomic E-state index is 13.3. The molecule has 1 amide bonds. The van der Waals surface area contributed by atoms with E-state index in [0.29, 0.717) is 17.7 Å². The number of carbonyl (C=O) groups excluding carboxylic acids is 2. The average Bonchev–Trinajstić information content (AvgIpc) is 2.92. The van der Waals surface area contributed by atoms with Gasteiger partial charge in [0.05, 0.1) is 15.9 Å². The molecule has 1 atom stereocenters. The number of esters is 1. The van der Waals surface area contributed by atoms with Crippen molar-refractivity contribution in [2.24, 2.45) is 5.92 Å². The highest BCUT2D eigenvalue weighted by molar-refractivity contribution is 5.86. The maximum atomic E-state index is 13.3. The Bertz CT molecular complexity index is 1590. The average molecular weight is 545 g/mol. The second kappa shape index (κ2) is 12.2. The van der Waals surface area contributed by atoms with E-state index in [1.165, 1.54) is 42.5 Å². The van der Waals surface area contributed by atoms with E-state index in [9.17, 15) is 24.5 Å². The summed E-state index contributed by atoms with van der Waals surface area (Å²) in [5.74, 6) is -0.181. The molecule has 0 unspecified atom stereocenters. The molecule has 0 aliphatic rings. The first-order valence-electron chi connectivity index (χ1n) is 12.6. The smallest absolute Gasteiger partial charge is 0.408 e. The van der Waals surface area contributed by atoms with Gasteiger partial charge in [-0.25, -0.2) is 9.59 Å². The van der Waals surface area contributed by atoms with Crippen molar-refractivity contribution in [3.05, 3.63) is 104 Å². The predicted octanol–water partition coefficient (Wildman–Crippen LogP) is 5.92. The van der Waals surface area contributed by atoms with Crippen molar-refractivity contribution in [1.29, 1.82) is 0 Å². The van der Waals surface area contributed by atoms with Gasteiger partial charge in [0.2, 0.25) is 5.43 Å². The molecule has 3 aromatic carbocycles. The largest absolute Gasteiger partial charge is 0.460 e. The Balaban J connectivity index is 1.51. The number of nitrogens with zero attached hydrogens (tertiary/aromatic N) is 1. The number of hydrogen-bond donors (Lipinski definition) is 1. The van der Waals surface area contributed by atoms with E-state index >= 15 is 0 Å². The van der Waals surface area contributed by atoms with Crippen LogP contribution in [-0.4, -0.2) is 23.0 Å². The molecule has 40 heavy (non-hydrogen) atoms. The van der Waals surface area contributed by atoms with Gasteiger partial charge in [-0.1, -0.05) is 44.2 Å². The molecule has 1 heterocycles. The second-order valence-corrected chi connectivity index (χ2v) is 9.63. The Kier molecular flexibility index (Phi) is 8.58. The number of nitrogens with one attached hydrogen (secondary N) is 1. The van der Waals surface area contributed by atoms with Crippen LogP contribution < -0.4 is 15.5 Å². The number of rotatable bonds is 9. The molecule has 10 heteroatoms. The molecule has 10 nitrogen and oxygen atoms in total. The van der Waals surface area contributed by atoms with Crippen molar-refractivity contribution < 1.29 is 28.4 Å². The van der Waals surface area contributed by atoms with Gasteiger partial charge in [0.1, 0.15) is 29.7 Å². The monoisotopic (exact) mass is 544 g/mol. The molecule has 0 bridgehead atoms. The van der Waals surface area contributed by atoms with Crippen molar-refractivity contribution in [1.82, 2.24) is 5.32 Å². The number of non-ortho nitro benzene ring substituents is 1. The van der Waals surface area contributed by atoms with E-state index in [0.717, 1.165) is 5.56 Å². The van der Waals surface area contributed by atoms with Gasteiger partial charge in [-0.3, -0.25) is 14.9 Å². The fourth-order valence-corrected chi connectivity index (χ4v) is 4.21. The summed E-state index contributed by atoms with van der Waals surface area (Å²) in [7, 11) is 0. The van der Waals surface area contributed by atoms with Crippen LogP contribution in [0.4, 0.5) is 10.5 Å². The molecule has 0 aliphatic heterocycles. The zero-order valence-electron chi connectivity index (χ0n) is 22.2. The molecule has 4 aromatic rings. The third kappa shape index (κ3) is 6.71. The van der Waals surface area contributed by atoms with Gasteiger partial charge >= 0.3 is 12.1 Å². The van der Waals surface area contributed by atoms with E-state index < -0.39 is 23.0 Å². The third-order valence-corrected chi connectivity index (χ3v) is 6.12. The van der Waals surface area contributed by atoms with Crippen molar-refractivity contribution in [3.63, 3.8) is 0 Å². The van der Waals surface area contributed by atoms with E-state index in [4.69, 9.17) is 13.9 Å². The van der Waals surface area contributed by atoms with Crippen molar-refractivity contribution >= 4 is 28.7 Å². The fourth-order valence-electron chi connectivity index (χ4n) is 4.21. The van der Waals surface area contributed by atoms with Crippen molar-refractivity contribution in [3.8, 4) is 16.9 Å². The van der Waals surface area contributed by atoms with Gasteiger partial charge in [-0.2, -0.15) is 0 Å². The van der Waals surface area contributed by atoms with Crippen LogP contribution in [0.5, 0.6) is 5.75 Å². The number of benzene rings is 3. The summed E-state index contributed by atoms with van der Waals surface area (Å²) in [5.41, 5.74) is 1.36. The van der Waals surface area contributed by atoms with Crippen LogP contribution in [-0.2, 0) is 16.1 Å². The number of nitro benzene ring substituents is 1. The van der Waals surface area contributed by atoms with Gasteiger partial charge in [0.25, 0.3) is 5.69 Å². The first-order valence-corrected chi connectivity index (χ1v) is 12.6. The number of hydrogen-bond acceptors (Lipinski definition) is 8. The Labute approximate surface area is 229 Å². The minimum atomic E-state index is -0.961. The molecule has 0 spiro atoms. The lowest BCUT2D eigenvalue weighted by molar-refractivity contribution is -0.384. The Morgan fingerprint density at radius 1 is 1.02 bits per heavy atom. The van der Waals surface area contributed by atoms with Crippen molar-refractivity contribution in [2.75, 3.05) is 0 Å². The molecule has 0 aliphatic carbocycles. The summed E-state index contributed by atoms with van der Waals surface area (Å²) in [5, 5.41) is 13.8. The number of amides is 1. The van der Waals surface area contributed by atoms with Crippen molar-refractivity contribution in [2.45, 2.75) is 39.8 Å². The first kappa shape index (κ1) is 28.0. The van der Waals surface area contributed by atoms with Gasteiger partial charge < -0.3 is 19.2 Å². The van der Waals surface area contributed by atoms with Crippen LogP contribution >= 0.6 is 0 Å². The van der Waals surface area contributed by atoms with Gasteiger partial charge in [0, 0.05) is 18.2 Å². The summed E-state index contributed by atoms with van der Waals surface area (Å²) >= 11 is 0. The number of aryl methyl sites for hydroxylation is 1. The zero-order valence-corrected chi connectivity index (χ0v) is 22.2. The molecule has 0 fully saturated rings. The maximum Gasteiger partial charge on any atom is 0.408 e. The lowest BCUT2D eigenvalue weighted by Crippen LogP contribution is -2.44. The minimum absolute atomic E-state index is 0.0566. The lowest BCUT2D eigenvalue weighted by Gasteiger charge is -2.19. The molecule has 1 aromatic heterocycles. The second-order valence-electron chi connectivity index (χ2n) is 9.63. The van der Waals surface area contributed by atoms with Crippen LogP contribution in [0.25, 0.3) is 22.1 Å². The molecule has 4 rings (SSSR count). The van der Waals surface area contributed by atoms with E-state index in [-0.39, 0.29) is 45.9 Å².